The number of aromatic nitrogens is 1. The van der Waals surface area contributed by atoms with Crippen molar-refractivity contribution in [1.29, 1.82) is 0 Å². The van der Waals surface area contributed by atoms with E-state index in [1.165, 1.54) is 18.2 Å². The number of carbonyl (C=O) groups excluding carboxylic acids is 1. The van der Waals surface area contributed by atoms with E-state index in [0.717, 1.165) is 26.7 Å². The van der Waals surface area contributed by atoms with Crippen LogP contribution in [-0.2, 0) is 16.0 Å². The van der Waals surface area contributed by atoms with Gasteiger partial charge < -0.3 is 15.2 Å². The van der Waals surface area contributed by atoms with Crippen molar-refractivity contribution in [2.24, 2.45) is 0 Å². The number of thioether (sulfide) groups is 1. The van der Waals surface area contributed by atoms with Gasteiger partial charge >= 0.3 is 5.69 Å². The number of phenols is 1. The number of nitrogens with one attached hydrogen (secondary N) is 1. The van der Waals surface area contributed by atoms with Crippen LogP contribution in [0, 0.1) is 10.1 Å². The van der Waals surface area contributed by atoms with E-state index < -0.39 is 16.4 Å². The van der Waals surface area contributed by atoms with Crippen LogP contribution in [0.4, 0.5) is 11.4 Å². The molecule has 3 aromatic rings. The van der Waals surface area contributed by atoms with Crippen molar-refractivity contribution in [3.8, 4) is 5.75 Å². The van der Waals surface area contributed by atoms with Crippen LogP contribution in [0.3, 0.4) is 0 Å². The molecule has 1 amide bonds. The van der Waals surface area contributed by atoms with Crippen molar-refractivity contribution < 1.29 is 19.6 Å². The van der Waals surface area contributed by atoms with Crippen LogP contribution < -0.4 is 5.32 Å². The Balaban J connectivity index is 1.63. The second-order valence-electron chi connectivity index (χ2n) is 7.53. The predicted molar refractivity (Wildman–Crippen MR) is 123 cm³/mol. The van der Waals surface area contributed by atoms with Gasteiger partial charge in [-0.3, -0.25) is 14.9 Å². The minimum absolute atomic E-state index is 0.0434. The number of hydrogen-bond acceptors (Lipinski definition) is 8. The fraction of sp³-hybridized carbons (Fsp3) is 0.333. The third kappa shape index (κ3) is 6.16. The summed E-state index contributed by atoms with van der Waals surface area (Å²) in [5.74, 6) is 0.160. The maximum Gasteiger partial charge on any atom is 0.310 e. The number of methoxy groups -OCH3 is 1. The lowest BCUT2D eigenvalue weighted by atomic mass is 10.1. The van der Waals surface area contributed by atoms with Gasteiger partial charge in [-0.1, -0.05) is 17.8 Å². The van der Waals surface area contributed by atoms with Gasteiger partial charge in [0.15, 0.2) is 10.1 Å². The highest BCUT2D eigenvalue weighted by molar-refractivity contribution is 8.01. The molecule has 0 aliphatic heterocycles. The molecular formula is C21H23N3O5S2. The Morgan fingerprint density at radius 2 is 2.10 bits per heavy atom. The summed E-state index contributed by atoms with van der Waals surface area (Å²) in [5, 5.41) is 23.3. The molecule has 0 saturated carbocycles. The van der Waals surface area contributed by atoms with Gasteiger partial charge in [0.25, 0.3) is 0 Å². The topological polar surface area (TPSA) is 115 Å². The number of fused-ring (bicyclic) bond motifs is 1. The molecule has 31 heavy (non-hydrogen) atoms. The predicted octanol–water partition coefficient (Wildman–Crippen LogP) is 5.00. The summed E-state index contributed by atoms with van der Waals surface area (Å²) in [7, 11) is 1.71. The van der Waals surface area contributed by atoms with E-state index in [1.54, 1.807) is 36.3 Å². The van der Waals surface area contributed by atoms with E-state index in [2.05, 4.69) is 24.1 Å². The molecule has 0 unspecified atom stereocenters. The summed E-state index contributed by atoms with van der Waals surface area (Å²) < 4.78 is 7.36. The number of hydrogen-bond donors (Lipinski definition) is 2. The summed E-state index contributed by atoms with van der Waals surface area (Å²) in [6.45, 7) is 4.11. The molecule has 2 N–H and O–H groups in total. The Kier molecular flexibility index (Phi) is 7.14. The summed E-state index contributed by atoms with van der Waals surface area (Å²) in [6.07, 6.45) is 0.860. The Morgan fingerprint density at radius 3 is 2.81 bits per heavy atom. The third-order valence-electron chi connectivity index (χ3n) is 4.74. The molecular weight excluding hydrogens is 438 g/mol. The minimum Gasteiger partial charge on any atom is -0.502 e. The summed E-state index contributed by atoms with van der Waals surface area (Å²) in [4.78, 5) is 27.3. The number of phenolic OH excluding ortho intramolecular Hbond substituents is 1. The van der Waals surface area contributed by atoms with Gasteiger partial charge in [0, 0.05) is 24.6 Å². The smallest absolute Gasteiger partial charge is 0.310 e. The van der Waals surface area contributed by atoms with E-state index in [-0.39, 0.29) is 17.9 Å². The summed E-state index contributed by atoms with van der Waals surface area (Å²) in [6, 6.07) is 9.42. The van der Waals surface area contributed by atoms with Crippen LogP contribution in [0.15, 0.2) is 40.7 Å². The lowest BCUT2D eigenvalue weighted by Gasteiger charge is -2.21. The molecule has 1 aromatic heterocycles. The van der Waals surface area contributed by atoms with Crippen molar-refractivity contribution in [2.45, 2.75) is 36.6 Å². The molecule has 2 aromatic carbocycles. The number of anilines is 1. The molecule has 1 heterocycles. The second-order valence-corrected chi connectivity index (χ2v) is 9.90. The average Bonchev–Trinajstić information content (AvgIpc) is 3.11. The molecule has 10 heteroatoms. The number of thiazole rings is 1. The van der Waals surface area contributed by atoms with Crippen LogP contribution in [0.2, 0.25) is 0 Å². The van der Waals surface area contributed by atoms with E-state index >= 15 is 0 Å². The van der Waals surface area contributed by atoms with Gasteiger partial charge in [-0.05, 0) is 50.1 Å². The first-order chi connectivity index (χ1) is 14.7. The van der Waals surface area contributed by atoms with E-state index in [1.807, 2.05) is 12.1 Å². The first-order valence-electron chi connectivity index (χ1n) is 9.51. The number of benzene rings is 2. The third-order valence-corrected chi connectivity index (χ3v) is 6.90. The van der Waals surface area contributed by atoms with Gasteiger partial charge in [0.2, 0.25) is 5.91 Å². The van der Waals surface area contributed by atoms with Crippen LogP contribution in [-0.4, -0.2) is 39.4 Å². The Bertz CT molecular complexity index is 1110. The highest BCUT2D eigenvalue weighted by atomic mass is 32.2. The number of carbonyl (C=O) groups is 1. The zero-order chi connectivity index (χ0) is 22.6. The number of amides is 1. The second kappa shape index (κ2) is 9.63. The monoisotopic (exact) mass is 461 g/mol. The standard InChI is InChI=1S/C21H23N3O5S2/c1-21(2,29-3)8-9-30-20-23-15-6-5-14(12-18(15)31-20)22-19(26)11-13-4-7-17(25)16(10-13)24(27)28/h4-7,10,12,25H,8-9,11H2,1-3H3,(H,22,26). The summed E-state index contributed by atoms with van der Waals surface area (Å²) in [5.41, 5.74) is 1.35. The zero-order valence-electron chi connectivity index (χ0n) is 17.4. The quantitative estimate of drug-likeness (QED) is 0.262. The fourth-order valence-corrected chi connectivity index (χ4v) is 5.17. The Morgan fingerprint density at radius 1 is 1.32 bits per heavy atom. The van der Waals surface area contributed by atoms with E-state index in [9.17, 15) is 20.0 Å². The molecule has 8 nitrogen and oxygen atoms in total. The zero-order valence-corrected chi connectivity index (χ0v) is 19.0. The molecule has 0 saturated heterocycles. The van der Waals surface area contributed by atoms with E-state index in [0.29, 0.717) is 11.3 Å². The van der Waals surface area contributed by atoms with Crippen LogP contribution in [0.5, 0.6) is 5.75 Å². The molecule has 3 rings (SSSR count). The van der Waals surface area contributed by atoms with Crippen molar-refractivity contribution in [3.63, 3.8) is 0 Å². The van der Waals surface area contributed by atoms with Gasteiger partial charge in [0.05, 0.1) is 27.2 Å². The number of nitrogens with zero attached hydrogens (tertiary/aromatic N) is 2. The minimum atomic E-state index is -0.680. The van der Waals surface area contributed by atoms with Gasteiger partial charge in [-0.2, -0.15) is 0 Å². The van der Waals surface area contributed by atoms with Crippen molar-refractivity contribution in [2.75, 3.05) is 18.2 Å². The summed E-state index contributed by atoms with van der Waals surface area (Å²) >= 11 is 3.24. The molecule has 164 valence electrons. The van der Waals surface area contributed by atoms with Crippen molar-refractivity contribution in [3.05, 3.63) is 52.1 Å². The lowest BCUT2D eigenvalue weighted by molar-refractivity contribution is -0.385. The van der Waals surface area contributed by atoms with Gasteiger partial charge in [-0.25, -0.2) is 4.98 Å². The van der Waals surface area contributed by atoms with Gasteiger partial charge in [-0.15, -0.1) is 11.3 Å². The first-order valence-corrected chi connectivity index (χ1v) is 11.3. The maximum atomic E-state index is 12.4. The molecule has 0 radical (unpaired) electrons. The van der Waals surface area contributed by atoms with Crippen LogP contribution in [0.1, 0.15) is 25.8 Å². The number of aromatic hydroxyl groups is 1. The number of nitro groups is 1. The molecule has 0 bridgehead atoms. The van der Waals surface area contributed by atoms with Gasteiger partial charge in [0.1, 0.15) is 0 Å². The molecule has 0 atom stereocenters. The number of rotatable bonds is 9. The number of nitro benzene ring substituents is 1. The highest BCUT2D eigenvalue weighted by Crippen LogP contribution is 2.33. The highest BCUT2D eigenvalue weighted by Gasteiger charge is 2.17. The fourth-order valence-electron chi connectivity index (χ4n) is 2.74. The Hall–Kier alpha value is -2.69. The molecule has 0 aliphatic rings. The Labute approximate surface area is 187 Å². The SMILES string of the molecule is COC(C)(C)CCSc1nc2ccc(NC(=O)Cc3ccc(O)c([N+](=O)[O-])c3)cc2s1. The first kappa shape index (κ1) is 23.0. The maximum absolute atomic E-state index is 12.4. The molecule has 0 aliphatic carbocycles. The van der Waals surface area contributed by atoms with Crippen LogP contribution >= 0.6 is 23.1 Å². The van der Waals surface area contributed by atoms with Crippen LogP contribution in [0.25, 0.3) is 10.2 Å². The largest absolute Gasteiger partial charge is 0.502 e. The molecule has 0 spiro atoms. The van der Waals surface area contributed by atoms with Crippen molar-refractivity contribution >= 4 is 50.6 Å². The number of ether oxygens (including phenoxy) is 1. The van der Waals surface area contributed by atoms with E-state index in [4.69, 9.17) is 4.74 Å². The lowest BCUT2D eigenvalue weighted by Crippen LogP contribution is -2.22. The normalized spacial score (nSPS) is 11.6. The van der Waals surface area contributed by atoms with Crippen molar-refractivity contribution in [1.82, 2.24) is 4.98 Å². The molecule has 0 fully saturated rings. The average molecular weight is 462 g/mol.